The summed E-state index contributed by atoms with van der Waals surface area (Å²) in [5.74, 6) is -0.192. The lowest BCUT2D eigenvalue weighted by molar-refractivity contribution is -0.143. The number of nitrogens with one attached hydrogen (secondary N) is 1. The molecule has 3 rings (SSSR count). The molecule has 1 N–H and O–H groups in total. The van der Waals surface area contributed by atoms with Gasteiger partial charge in [-0.3, -0.25) is 4.79 Å². The van der Waals surface area contributed by atoms with Gasteiger partial charge in [0.15, 0.2) is 22.8 Å². The number of carbonyl (C=O) groups is 1. The summed E-state index contributed by atoms with van der Waals surface area (Å²) in [6, 6.07) is -0.595. The van der Waals surface area contributed by atoms with Crippen LogP contribution in [0.3, 0.4) is 0 Å². The van der Waals surface area contributed by atoms with Gasteiger partial charge in [-0.15, -0.1) is 0 Å². The highest BCUT2D eigenvalue weighted by Gasteiger charge is 2.29. The minimum atomic E-state index is -2.72. The first-order valence-electron chi connectivity index (χ1n) is 9.01. The predicted octanol–water partition coefficient (Wildman–Crippen LogP) is 2.22. The second-order valence-corrected chi connectivity index (χ2v) is 6.78. The first-order chi connectivity index (χ1) is 12.8. The molecule has 1 aliphatic heterocycles. The van der Waals surface area contributed by atoms with E-state index >= 15 is 0 Å². The fourth-order valence-electron chi connectivity index (χ4n) is 3.44. The van der Waals surface area contributed by atoms with Crippen LogP contribution < -0.4 is 5.32 Å². The maximum Gasteiger partial charge on any atom is 0.295 e. The third-order valence-corrected chi connectivity index (χ3v) is 4.53. The zero-order valence-electron chi connectivity index (χ0n) is 15.8. The second kappa shape index (κ2) is 7.71. The number of amides is 1. The largest absolute Gasteiger partial charge is 0.372 e. The monoisotopic (exact) mass is 382 g/mol. The first-order valence-corrected chi connectivity index (χ1v) is 9.01. The topological polar surface area (TPSA) is 85.2 Å². The molecule has 0 aromatic carbocycles. The number of anilines is 1. The van der Waals surface area contributed by atoms with Crippen LogP contribution >= 0.6 is 0 Å². The highest BCUT2D eigenvalue weighted by Crippen LogP contribution is 2.26. The summed E-state index contributed by atoms with van der Waals surface area (Å²) in [6.45, 7) is 8.63. The summed E-state index contributed by atoms with van der Waals surface area (Å²) in [4.78, 5) is 26.7. The van der Waals surface area contributed by atoms with Gasteiger partial charge in [-0.1, -0.05) is 0 Å². The number of ether oxygens (including phenoxy) is 1. The van der Waals surface area contributed by atoms with Crippen molar-refractivity contribution in [1.29, 1.82) is 0 Å². The number of nitrogens with zero attached hydrogens (tertiary/aromatic N) is 5. The number of alkyl halides is 2. The highest BCUT2D eigenvalue weighted by molar-refractivity contribution is 5.89. The quantitative estimate of drug-likeness (QED) is 0.854. The molecule has 1 aliphatic rings. The van der Waals surface area contributed by atoms with E-state index in [4.69, 9.17) is 4.74 Å². The normalized spacial score (nSPS) is 21.7. The summed E-state index contributed by atoms with van der Waals surface area (Å²) in [6.07, 6.45) is -1.51. The molecule has 27 heavy (non-hydrogen) atoms. The molecule has 2 aromatic heterocycles. The van der Waals surface area contributed by atoms with E-state index in [9.17, 15) is 13.6 Å². The molecule has 2 aromatic rings. The SMILES string of the molecule is CCn1c(C(F)F)nc2c(NC(C)C(=O)N3CC(C)OC(C)C3)ncnc21. The molecule has 8 nitrogen and oxygen atoms in total. The Morgan fingerprint density at radius 3 is 2.59 bits per heavy atom. The number of aromatic nitrogens is 4. The van der Waals surface area contributed by atoms with E-state index in [1.165, 1.54) is 10.9 Å². The zero-order valence-corrected chi connectivity index (χ0v) is 15.8. The number of morpholine rings is 1. The van der Waals surface area contributed by atoms with Gasteiger partial charge in [0.1, 0.15) is 12.4 Å². The zero-order chi connectivity index (χ0) is 19.7. The maximum absolute atomic E-state index is 13.3. The third-order valence-electron chi connectivity index (χ3n) is 4.53. The summed E-state index contributed by atoms with van der Waals surface area (Å²) in [5, 5.41) is 3.01. The molecule has 0 bridgehead atoms. The van der Waals surface area contributed by atoms with E-state index in [2.05, 4.69) is 20.3 Å². The predicted molar refractivity (Wildman–Crippen MR) is 95.6 cm³/mol. The summed E-state index contributed by atoms with van der Waals surface area (Å²) < 4.78 is 33.5. The molecular weight excluding hydrogens is 358 g/mol. The van der Waals surface area contributed by atoms with E-state index in [0.717, 1.165) is 0 Å². The van der Waals surface area contributed by atoms with Gasteiger partial charge in [-0.2, -0.15) is 0 Å². The second-order valence-electron chi connectivity index (χ2n) is 6.78. The van der Waals surface area contributed by atoms with Crippen molar-refractivity contribution in [3.05, 3.63) is 12.2 Å². The minimum Gasteiger partial charge on any atom is -0.372 e. The summed E-state index contributed by atoms with van der Waals surface area (Å²) >= 11 is 0. The molecule has 0 aliphatic carbocycles. The lowest BCUT2D eigenvalue weighted by atomic mass is 10.2. The van der Waals surface area contributed by atoms with Crippen LogP contribution in [0.4, 0.5) is 14.6 Å². The number of rotatable bonds is 5. The van der Waals surface area contributed by atoms with Crippen molar-refractivity contribution in [2.24, 2.45) is 0 Å². The van der Waals surface area contributed by atoms with Crippen LogP contribution in [0.15, 0.2) is 6.33 Å². The van der Waals surface area contributed by atoms with Gasteiger partial charge in [0.25, 0.3) is 6.43 Å². The smallest absolute Gasteiger partial charge is 0.295 e. The van der Waals surface area contributed by atoms with E-state index in [1.807, 2.05) is 13.8 Å². The fourth-order valence-corrected chi connectivity index (χ4v) is 3.44. The Kier molecular flexibility index (Phi) is 5.54. The summed E-state index contributed by atoms with van der Waals surface area (Å²) in [5.41, 5.74) is 0.552. The molecular formula is C17H24F2N6O2. The Morgan fingerprint density at radius 1 is 1.33 bits per heavy atom. The lowest BCUT2D eigenvalue weighted by Gasteiger charge is -2.36. The number of hydrogen-bond donors (Lipinski definition) is 1. The molecule has 0 radical (unpaired) electrons. The average molecular weight is 382 g/mol. The van der Waals surface area contributed by atoms with E-state index in [0.29, 0.717) is 25.3 Å². The number of hydrogen-bond acceptors (Lipinski definition) is 6. The van der Waals surface area contributed by atoms with Crippen LogP contribution in [0.1, 0.15) is 39.9 Å². The molecule has 3 atom stereocenters. The molecule has 3 unspecified atom stereocenters. The van der Waals surface area contributed by atoms with E-state index in [-0.39, 0.29) is 35.3 Å². The van der Waals surface area contributed by atoms with Crippen molar-refractivity contribution in [1.82, 2.24) is 24.4 Å². The van der Waals surface area contributed by atoms with Crippen LogP contribution in [0.5, 0.6) is 0 Å². The Hall–Kier alpha value is -2.36. The van der Waals surface area contributed by atoms with E-state index in [1.54, 1.807) is 18.7 Å². The Morgan fingerprint density at radius 2 is 2.00 bits per heavy atom. The third kappa shape index (κ3) is 3.85. The number of carbonyl (C=O) groups excluding carboxylic acids is 1. The van der Waals surface area contributed by atoms with Crippen molar-refractivity contribution in [3.63, 3.8) is 0 Å². The van der Waals surface area contributed by atoms with Crippen molar-refractivity contribution < 1.29 is 18.3 Å². The van der Waals surface area contributed by atoms with Crippen LogP contribution in [-0.4, -0.2) is 61.7 Å². The van der Waals surface area contributed by atoms with Crippen molar-refractivity contribution in [2.75, 3.05) is 18.4 Å². The van der Waals surface area contributed by atoms with Gasteiger partial charge in [-0.25, -0.2) is 23.7 Å². The Labute approximate surface area is 155 Å². The summed E-state index contributed by atoms with van der Waals surface area (Å²) in [7, 11) is 0. The van der Waals surface area contributed by atoms with E-state index < -0.39 is 12.5 Å². The molecule has 1 amide bonds. The van der Waals surface area contributed by atoms with Crippen molar-refractivity contribution >= 4 is 22.9 Å². The van der Waals surface area contributed by atoms with Gasteiger partial charge in [-0.05, 0) is 27.7 Å². The Bertz CT molecular complexity index is 817. The number of imidazole rings is 1. The molecule has 1 fully saturated rings. The van der Waals surface area contributed by atoms with Gasteiger partial charge >= 0.3 is 0 Å². The van der Waals surface area contributed by atoms with Gasteiger partial charge in [0.05, 0.1) is 12.2 Å². The van der Waals surface area contributed by atoms with Crippen LogP contribution in [0.2, 0.25) is 0 Å². The number of halogens is 2. The maximum atomic E-state index is 13.3. The van der Waals surface area contributed by atoms with Crippen molar-refractivity contribution in [2.45, 2.75) is 58.9 Å². The molecule has 0 saturated carbocycles. The molecule has 0 spiro atoms. The molecule has 148 valence electrons. The van der Waals surface area contributed by atoms with Crippen LogP contribution in [-0.2, 0) is 16.1 Å². The lowest BCUT2D eigenvalue weighted by Crippen LogP contribution is -2.52. The minimum absolute atomic E-state index is 0.0375. The first kappa shape index (κ1) is 19.4. The number of fused-ring (bicyclic) bond motifs is 1. The van der Waals surface area contributed by atoms with Gasteiger partial charge in [0, 0.05) is 19.6 Å². The highest BCUT2D eigenvalue weighted by atomic mass is 19.3. The average Bonchev–Trinajstić information content (AvgIpc) is 3.00. The Balaban J connectivity index is 1.84. The van der Waals surface area contributed by atoms with Crippen LogP contribution in [0.25, 0.3) is 11.2 Å². The van der Waals surface area contributed by atoms with Gasteiger partial charge in [0.2, 0.25) is 5.91 Å². The molecule has 3 heterocycles. The standard InChI is InChI=1S/C17H24F2N6O2/c1-5-25-15-12(23-16(25)13(18)19)14(20-8-21-15)22-11(4)17(26)24-6-9(2)27-10(3)7-24/h8-11,13H,5-7H2,1-4H3,(H,20,21,22). The molecule has 1 saturated heterocycles. The van der Waals surface area contributed by atoms with Gasteiger partial charge < -0.3 is 19.5 Å². The fraction of sp³-hybridized carbons (Fsp3) is 0.647. The number of aryl methyl sites for hydroxylation is 1. The molecule has 10 heteroatoms. The van der Waals surface area contributed by atoms with Crippen LogP contribution in [0, 0.1) is 0 Å². The van der Waals surface area contributed by atoms with Crippen molar-refractivity contribution in [3.8, 4) is 0 Å².